The number of aliphatic hydroxyl groups is 1. The molecule has 0 aliphatic carbocycles. The summed E-state index contributed by atoms with van der Waals surface area (Å²) < 4.78 is 0. The van der Waals surface area contributed by atoms with Crippen LogP contribution in [0.5, 0.6) is 0 Å². The minimum Gasteiger partial charge on any atom is -0.392 e. The summed E-state index contributed by atoms with van der Waals surface area (Å²) in [6.45, 7) is 2.25. The number of likely N-dealkylation sites (N-methyl/N-ethyl adjacent to an activating group) is 1. The Labute approximate surface area is 77.2 Å². The number of aliphatic hydroxyl groups excluding tert-OH is 1. The summed E-state index contributed by atoms with van der Waals surface area (Å²) >= 11 is 0. The van der Waals surface area contributed by atoms with Gasteiger partial charge in [0.2, 0.25) is 0 Å². The standard InChI is InChI=1S/C8H14N4O/c1-6(13)5-12(2)8-4-3-7(9)10-11-8/h3-4,6,13H,5H2,1-2H3,(H2,9,10). The highest BCUT2D eigenvalue weighted by Crippen LogP contribution is 2.07. The monoisotopic (exact) mass is 182 g/mol. The van der Waals surface area contributed by atoms with Gasteiger partial charge in [0.15, 0.2) is 5.82 Å². The Balaban J connectivity index is 2.66. The first kappa shape index (κ1) is 9.73. The molecule has 1 atom stereocenters. The molecule has 0 fully saturated rings. The van der Waals surface area contributed by atoms with Crippen molar-refractivity contribution in [3.8, 4) is 0 Å². The average Bonchev–Trinajstić information content (AvgIpc) is 2.04. The molecule has 72 valence electrons. The van der Waals surface area contributed by atoms with E-state index >= 15 is 0 Å². The molecule has 0 radical (unpaired) electrons. The van der Waals surface area contributed by atoms with Crippen LogP contribution in [0.2, 0.25) is 0 Å². The predicted octanol–water partition coefficient (Wildman–Crippen LogP) is -0.124. The fraction of sp³-hybridized carbons (Fsp3) is 0.500. The van der Waals surface area contributed by atoms with Crippen LogP contribution < -0.4 is 10.6 Å². The van der Waals surface area contributed by atoms with Crippen molar-refractivity contribution >= 4 is 11.6 Å². The maximum absolute atomic E-state index is 9.12. The lowest BCUT2D eigenvalue weighted by atomic mass is 10.3. The van der Waals surface area contributed by atoms with Crippen LogP contribution >= 0.6 is 0 Å². The Hall–Kier alpha value is -1.36. The molecule has 1 unspecified atom stereocenters. The van der Waals surface area contributed by atoms with E-state index in [2.05, 4.69) is 10.2 Å². The SMILES string of the molecule is CC(O)CN(C)c1ccc(N)nn1. The van der Waals surface area contributed by atoms with Gasteiger partial charge >= 0.3 is 0 Å². The lowest BCUT2D eigenvalue weighted by Gasteiger charge is -2.18. The first-order valence-corrected chi connectivity index (χ1v) is 4.08. The summed E-state index contributed by atoms with van der Waals surface area (Å²) in [4.78, 5) is 1.82. The van der Waals surface area contributed by atoms with Crippen LogP contribution in [0, 0.1) is 0 Å². The van der Waals surface area contributed by atoms with E-state index in [9.17, 15) is 0 Å². The van der Waals surface area contributed by atoms with Crippen molar-refractivity contribution in [3.63, 3.8) is 0 Å². The fourth-order valence-corrected chi connectivity index (χ4v) is 1.03. The second-order valence-electron chi connectivity index (χ2n) is 3.05. The molecule has 1 heterocycles. The summed E-state index contributed by atoms with van der Waals surface area (Å²) in [6, 6.07) is 3.45. The third kappa shape index (κ3) is 2.87. The summed E-state index contributed by atoms with van der Waals surface area (Å²) in [6.07, 6.45) is -0.385. The number of hydrogen-bond donors (Lipinski definition) is 2. The van der Waals surface area contributed by atoms with Crippen molar-refractivity contribution in [3.05, 3.63) is 12.1 Å². The maximum atomic E-state index is 9.12. The number of anilines is 2. The van der Waals surface area contributed by atoms with Crippen LogP contribution in [-0.4, -0.2) is 35.0 Å². The second-order valence-corrected chi connectivity index (χ2v) is 3.05. The quantitative estimate of drug-likeness (QED) is 0.681. The molecule has 0 amide bonds. The molecular weight excluding hydrogens is 168 g/mol. The zero-order chi connectivity index (χ0) is 9.84. The molecule has 13 heavy (non-hydrogen) atoms. The molecule has 0 spiro atoms. The lowest BCUT2D eigenvalue weighted by Crippen LogP contribution is -2.27. The van der Waals surface area contributed by atoms with Crippen molar-refractivity contribution in [1.29, 1.82) is 0 Å². The van der Waals surface area contributed by atoms with Crippen LogP contribution in [-0.2, 0) is 0 Å². The second kappa shape index (κ2) is 4.04. The molecule has 5 heteroatoms. The molecule has 0 saturated carbocycles. The molecular formula is C8H14N4O. The van der Waals surface area contributed by atoms with Gasteiger partial charge in [0.1, 0.15) is 5.82 Å². The number of aromatic nitrogens is 2. The maximum Gasteiger partial charge on any atom is 0.151 e. The molecule has 0 aliphatic rings. The van der Waals surface area contributed by atoms with E-state index in [0.717, 1.165) is 0 Å². The third-order valence-corrected chi connectivity index (χ3v) is 1.60. The Morgan fingerprint density at radius 3 is 2.69 bits per heavy atom. The first-order valence-electron chi connectivity index (χ1n) is 4.08. The Morgan fingerprint density at radius 1 is 1.54 bits per heavy atom. The van der Waals surface area contributed by atoms with E-state index < -0.39 is 0 Å². The van der Waals surface area contributed by atoms with Crippen molar-refractivity contribution < 1.29 is 5.11 Å². The van der Waals surface area contributed by atoms with Crippen LogP contribution in [0.3, 0.4) is 0 Å². The highest BCUT2D eigenvalue weighted by molar-refractivity contribution is 5.40. The van der Waals surface area contributed by atoms with Gasteiger partial charge in [-0.1, -0.05) is 0 Å². The number of hydrogen-bond acceptors (Lipinski definition) is 5. The molecule has 5 nitrogen and oxygen atoms in total. The van der Waals surface area contributed by atoms with Gasteiger partial charge in [-0.25, -0.2) is 0 Å². The zero-order valence-electron chi connectivity index (χ0n) is 7.81. The largest absolute Gasteiger partial charge is 0.392 e. The minimum absolute atomic E-state index is 0.385. The van der Waals surface area contributed by atoms with Crippen LogP contribution in [0.4, 0.5) is 11.6 Å². The van der Waals surface area contributed by atoms with Crippen molar-refractivity contribution in [2.24, 2.45) is 0 Å². The van der Waals surface area contributed by atoms with Gasteiger partial charge in [0.05, 0.1) is 6.10 Å². The van der Waals surface area contributed by atoms with Gasteiger partial charge in [-0.15, -0.1) is 10.2 Å². The Bertz CT molecular complexity index is 259. The summed E-state index contributed by atoms with van der Waals surface area (Å²) in [5.74, 6) is 1.10. The van der Waals surface area contributed by atoms with Crippen LogP contribution in [0.1, 0.15) is 6.92 Å². The summed E-state index contributed by atoms with van der Waals surface area (Å²) in [7, 11) is 1.84. The van der Waals surface area contributed by atoms with Gasteiger partial charge in [-0.2, -0.15) is 0 Å². The number of rotatable bonds is 3. The van der Waals surface area contributed by atoms with Gasteiger partial charge in [-0.3, -0.25) is 0 Å². The van der Waals surface area contributed by atoms with Gasteiger partial charge in [0.25, 0.3) is 0 Å². The highest BCUT2D eigenvalue weighted by Gasteiger charge is 2.05. The summed E-state index contributed by atoms with van der Waals surface area (Å²) in [5, 5.41) is 16.7. The van der Waals surface area contributed by atoms with E-state index in [-0.39, 0.29) is 6.10 Å². The van der Waals surface area contributed by atoms with Crippen LogP contribution in [0.25, 0.3) is 0 Å². The zero-order valence-corrected chi connectivity index (χ0v) is 7.81. The smallest absolute Gasteiger partial charge is 0.151 e. The van der Waals surface area contributed by atoms with Crippen molar-refractivity contribution in [2.45, 2.75) is 13.0 Å². The molecule has 0 saturated heterocycles. The van der Waals surface area contributed by atoms with E-state index in [1.54, 1.807) is 19.1 Å². The first-order chi connectivity index (χ1) is 6.09. The molecule has 0 aliphatic heterocycles. The molecule has 0 aromatic carbocycles. The molecule has 1 aromatic heterocycles. The van der Waals surface area contributed by atoms with E-state index in [0.29, 0.717) is 18.2 Å². The number of nitrogen functional groups attached to an aromatic ring is 1. The average molecular weight is 182 g/mol. The number of nitrogens with two attached hydrogens (primary N) is 1. The molecule has 3 N–H and O–H groups in total. The van der Waals surface area contributed by atoms with Gasteiger partial charge in [0, 0.05) is 13.6 Å². The minimum atomic E-state index is -0.385. The van der Waals surface area contributed by atoms with Crippen molar-refractivity contribution in [2.75, 3.05) is 24.2 Å². The van der Waals surface area contributed by atoms with Gasteiger partial charge in [-0.05, 0) is 19.1 Å². The topological polar surface area (TPSA) is 75.3 Å². The predicted molar refractivity (Wildman–Crippen MR) is 51.4 cm³/mol. The van der Waals surface area contributed by atoms with E-state index in [1.807, 2.05) is 11.9 Å². The molecule has 0 bridgehead atoms. The fourth-order valence-electron chi connectivity index (χ4n) is 1.03. The van der Waals surface area contributed by atoms with Crippen molar-refractivity contribution in [1.82, 2.24) is 10.2 Å². The Kier molecular flexibility index (Phi) is 3.02. The highest BCUT2D eigenvalue weighted by atomic mass is 16.3. The summed E-state index contributed by atoms with van der Waals surface area (Å²) in [5.41, 5.74) is 5.39. The Morgan fingerprint density at radius 2 is 2.23 bits per heavy atom. The number of nitrogens with zero attached hydrogens (tertiary/aromatic N) is 3. The molecule has 1 aromatic rings. The van der Waals surface area contributed by atoms with E-state index in [1.165, 1.54) is 0 Å². The third-order valence-electron chi connectivity index (χ3n) is 1.60. The normalized spacial score (nSPS) is 12.5. The van der Waals surface area contributed by atoms with Crippen LogP contribution in [0.15, 0.2) is 12.1 Å². The molecule has 1 rings (SSSR count). The lowest BCUT2D eigenvalue weighted by molar-refractivity contribution is 0.201. The van der Waals surface area contributed by atoms with Gasteiger partial charge < -0.3 is 15.7 Å². The van der Waals surface area contributed by atoms with E-state index in [4.69, 9.17) is 10.8 Å².